The Morgan fingerprint density at radius 3 is 2.50 bits per heavy atom. The number of nitrogens with one attached hydrogen (secondary N) is 1. The van der Waals surface area contributed by atoms with Crippen LogP contribution in [0.15, 0.2) is 42.0 Å². The van der Waals surface area contributed by atoms with E-state index in [9.17, 15) is 14.0 Å². The number of hydrogen-bond acceptors (Lipinski definition) is 5. The van der Waals surface area contributed by atoms with Crippen molar-refractivity contribution in [2.24, 2.45) is 0 Å². The number of thiazole rings is 1. The zero-order valence-electron chi connectivity index (χ0n) is 20.0. The number of aromatic nitrogens is 3. The van der Waals surface area contributed by atoms with Crippen molar-refractivity contribution in [2.75, 3.05) is 31.5 Å². The molecule has 1 N–H and O–H groups in total. The van der Waals surface area contributed by atoms with E-state index in [1.165, 1.54) is 6.07 Å². The Balaban J connectivity index is 1.12. The van der Waals surface area contributed by atoms with Crippen molar-refractivity contribution in [3.05, 3.63) is 64.1 Å². The molecular formula is C26H29FN6O2S. The number of piperidine rings is 1. The van der Waals surface area contributed by atoms with Crippen LogP contribution in [0.3, 0.4) is 0 Å². The summed E-state index contributed by atoms with van der Waals surface area (Å²) in [6, 6.07) is 6.04. The van der Waals surface area contributed by atoms with Gasteiger partial charge in [0, 0.05) is 49.6 Å². The SMILES string of the molecule is O=C(Nc1ccccc1F)N1CCC(n2ncc(C(=O)N3CCC(c4nccs4)C3)c2C2CC2)CC1. The smallest absolute Gasteiger partial charge is 0.321 e. The number of carbonyl (C=O) groups excluding carboxylic acids is 2. The summed E-state index contributed by atoms with van der Waals surface area (Å²) < 4.78 is 16.0. The third-order valence-electron chi connectivity index (χ3n) is 7.52. The lowest BCUT2D eigenvalue weighted by Crippen LogP contribution is -2.42. The molecule has 3 amide bonds. The maximum absolute atomic E-state index is 13.9. The molecule has 1 atom stereocenters. The van der Waals surface area contributed by atoms with Crippen molar-refractivity contribution in [1.82, 2.24) is 24.6 Å². The molecule has 1 aliphatic carbocycles. The largest absolute Gasteiger partial charge is 0.338 e. The Labute approximate surface area is 213 Å². The fourth-order valence-corrected chi connectivity index (χ4v) is 6.18. The Morgan fingerprint density at radius 1 is 1.00 bits per heavy atom. The van der Waals surface area contributed by atoms with Gasteiger partial charge in [0.25, 0.3) is 5.91 Å². The summed E-state index contributed by atoms with van der Waals surface area (Å²) in [5, 5.41) is 10.5. The van der Waals surface area contributed by atoms with Gasteiger partial charge in [0.15, 0.2) is 0 Å². The molecular weight excluding hydrogens is 479 g/mol. The van der Waals surface area contributed by atoms with E-state index in [0.717, 1.165) is 54.9 Å². The molecule has 3 fully saturated rings. The van der Waals surface area contributed by atoms with E-state index in [0.29, 0.717) is 31.5 Å². The zero-order valence-corrected chi connectivity index (χ0v) is 20.8. The predicted octanol–water partition coefficient (Wildman–Crippen LogP) is 4.85. The zero-order chi connectivity index (χ0) is 24.6. The van der Waals surface area contributed by atoms with Crippen molar-refractivity contribution in [3.8, 4) is 0 Å². The minimum absolute atomic E-state index is 0.0731. The highest BCUT2D eigenvalue weighted by molar-refractivity contribution is 7.09. The highest BCUT2D eigenvalue weighted by atomic mass is 32.1. The summed E-state index contributed by atoms with van der Waals surface area (Å²) in [6.45, 7) is 2.56. The number of amides is 3. The molecule has 8 nitrogen and oxygen atoms in total. The molecule has 1 unspecified atom stereocenters. The van der Waals surface area contributed by atoms with E-state index in [-0.39, 0.29) is 23.7 Å². The number of carbonyl (C=O) groups is 2. The Bertz CT molecular complexity index is 1250. The van der Waals surface area contributed by atoms with Crippen LogP contribution in [0.1, 0.15) is 71.0 Å². The van der Waals surface area contributed by atoms with Crippen LogP contribution in [0.25, 0.3) is 0 Å². The first-order valence-corrected chi connectivity index (χ1v) is 13.5. The van der Waals surface area contributed by atoms with Crippen molar-refractivity contribution in [1.29, 1.82) is 0 Å². The molecule has 2 aromatic heterocycles. The lowest BCUT2D eigenvalue weighted by Gasteiger charge is -2.33. The minimum atomic E-state index is -0.445. The highest BCUT2D eigenvalue weighted by Crippen LogP contribution is 2.44. The van der Waals surface area contributed by atoms with Gasteiger partial charge in [-0.2, -0.15) is 5.10 Å². The monoisotopic (exact) mass is 508 g/mol. The summed E-state index contributed by atoms with van der Waals surface area (Å²) in [5.41, 5.74) is 1.99. The summed E-state index contributed by atoms with van der Waals surface area (Å²) in [4.78, 5) is 34.3. The molecule has 2 aliphatic heterocycles. The molecule has 3 aromatic rings. The van der Waals surface area contributed by atoms with Gasteiger partial charge in [0.05, 0.1) is 34.2 Å². The second-order valence-corrected chi connectivity index (χ2v) is 10.8. The average Bonchev–Trinajstić information content (AvgIpc) is 3.30. The van der Waals surface area contributed by atoms with Crippen LogP contribution in [-0.2, 0) is 0 Å². The summed E-state index contributed by atoms with van der Waals surface area (Å²) in [6.07, 6.45) is 8.18. The fourth-order valence-electron chi connectivity index (χ4n) is 5.41. The van der Waals surface area contributed by atoms with Crippen LogP contribution in [0, 0.1) is 5.82 Å². The van der Waals surface area contributed by atoms with Crippen LogP contribution >= 0.6 is 11.3 Å². The predicted molar refractivity (Wildman–Crippen MR) is 135 cm³/mol. The van der Waals surface area contributed by atoms with Gasteiger partial charge in [-0.1, -0.05) is 12.1 Å². The third kappa shape index (κ3) is 4.50. The van der Waals surface area contributed by atoms with E-state index in [1.54, 1.807) is 40.6 Å². The number of hydrogen-bond donors (Lipinski definition) is 1. The van der Waals surface area contributed by atoms with Crippen LogP contribution in [0.5, 0.6) is 0 Å². The lowest BCUT2D eigenvalue weighted by atomic mass is 10.0. The van der Waals surface area contributed by atoms with Crippen molar-refractivity contribution in [2.45, 2.75) is 50.0 Å². The van der Waals surface area contributed by atoms with Crippen LogP contribution < -0.4 is 5.32 Å². The molecule has 0 spiro atoms. The van der Waals surface area contributed by atoms with Crippen LogP contribution in [0.2, 0.25) is 0 Å². The van der Waals surface area contributed by atoms with E-state index in [1.807, 2.05) is 16.5 Å². The van der Waals surface area contributed by atoms with Gasteiger partial charge >= 0.3 is 6.03 Å². The fraction of sp³-hybridized carbons (Fsp3) is 0.462. The summed E-state index contributed by atoms with van der Waals surface area (Å²) in [7, 11) is 0. The Morgan fingerprint density at radius 2 is 1.78 bits per heavy atom. The maximum Gasteiger partial charge on any atom is 0.321 e. The van der Waals surface area contributed by atoms with Crippen molar-refractivity contribution >= 4 is 29.0 Å². The maximum atomic E-state index is 13.9. The molecule has 1 aromatic carbocycles. The molecule has 0 bridgehead atoms. The number of nitrogens with zero attached hydrogens (tertiary/aromatic N) is 5. The number of likely N-dealkylation sites (tertiary alicyclic amines) is 2. The van der Waals surface area contributed by atoms with Crippen LogP contribution in [0.4, 0.5) is 14.9 Å². The van der Waals surface area contributed by atoms with Gasteiger partial charge in [0.2, 0.25) is 0 Å². The Kier molecular flexibility index (Phi) is 6.20. The van der Waals surface area contributed by atoms with Gasteiger partial charge in [-0.25, -0.2) is 14.2 Å². The molecule has 6 rings (SSSR count). The number of para-hydroxylation sites is 1. The summed E-state index contributed by atoms with van der Waals surface area (Å²) >= 11 is 1.66. The van der Waals surface area contributed by atoms with Gasteiger partial charge in [-0.05, 0) is 44.2 Å². The van der Waals surface area contributed by atoms with Gasteiger partial charge in [-0.3, -0.25) is 9.48 Å². The Hall–Kier alpha value is -3.27. The number of halogens is 1. The quantitative estimate of drug-likeness (QED) is 0.534. The average molecular weight is 509 g/mol. The molecule has 1 saturated carbocycles. The number of benzene rings is 1. The topological polar surface area (TPSA) is 83.4 Å². The molecule has 4 heterocycles. The van der Waals surface area contributed by atoms with Crippen molar-refractivity contribution < 1.29 is 14.0 Å². The van der Waals surface area contributed by atoms with E-state index in [2.05, 4.69) is 15.0 Å². The standard InChI is InChI=1S/C26H29FN6O2S/c27-21-3-1-2-4-22(21)30-26(35)31-12-8-19(9-13-31)33-23(17-5-6-17)20(15-29-33)25(34)32-11-7-18(16-32)24-28-10-14-36-24/h1-4,10,14-15,17-19H,5-9,11-13,16H2,(H,30,35). The molecule has 2 saturated heterocycles. The molecule has 10 heteroatoms. The molecule has 36 heavy (non-hydrogen) atoms. The number of urea groups is 1. The van der Waals surface area contributed by atoms with Gasteiger partial charge in [-0.15, -0.1) is 11.3 Å². The first-order valence-electron chi connectivity index (χ1n) is 12.6. The number of anilines is 1. The van der Waals surface area contributed by atoms with Gasteiger partial charge < -0.3 is 15.1 Å². The van der Waals surface area contributed by atoms with E-state index >= 15 is 0 Å². The first-order chi connectivity index (χ1) is 17.6. The molecule has 3 aliphatic rings. The lowest BCUT2D eigenvalue weighted by molar-refractivity contribution is 0.0789. The molecule has 188 valence electrons. The van der Waals surface area contributed by atoms with E-state index < -0.39 is 5.82 Å². The minimum Gasteiger partial charge on any atom is -0.338 e. The molecule has 0 radical (unpaired) electrons. The highest BCUT2D eigenvalue weighted by Gasteiger charge is 2.38. The van der Waals surface area contributed by atoms with Gasteiger partial charge in [0.1, 0.15) is 5.82 Å². The van der Waals surface area contributed by atoms with Crippen LogP contribution in [-0.4, -0.2) is 62.7 Å². The number of rotatable bonds is 5. The van der Waals surface area contributed by atoms with Crippen molar-refractivity contribution in [3.63, 3.8) is 0 Å². The first kappa shape index (κ1) is 23.1. The third-order valence-corrected chi connectivity index (χ3v) is 8.46. The summed E-state index contributed by atoms with van der Waals surface area (Å²) in [5.74, 6) is 0.322. The normalized spacial score (nSPS) is 20.6. The van der Waals surface area contributed by atoms with E-state index in [4.69, 9.17) is 5.10 Å². The second-order valence-electron chi connectivity index (χ2n) is 9.90. The second kappa shape index (κ2) is 9.65.